The normalized spacial score (nSPS) is 20.1. The Labute approximate surface area is 149 Å². The van der Waals surface area contributed by atoms with Gasteiger partial charge in [-0.3, -0.25) is 14.5 Å². The van der Waals surface area contributed by atoms with Crippen molar-refractivity contribution in [1.82, 2.24) is 4.90 Å². The van der Waals surface area contributed by atoms with Crippen LogP contribution in [-0.4, -0.2) is 47.8 Å². The lowest BCUT2D eigenvalue weighted by molar-refractivity contribution is -0.122. The number of fused-ring (bicyclic) bond motifs is 1. The van der Waals surface area contributed by atoms with Gasteiger partial charge < -0.3 is 9.64 Å². The van der Waals surface area contributed by atoms with Crippen molar-refractivity contribution >= 4 is 51.4 Å². The van der Waals surface area contributed by atoms with Crippen LogP contribution < -0.4 is 4.90 Å². The zero-order valence-corrected chi connectivity index (χ0v) is 14.8. The molecule has 0 N–H and O–H groups in total. The highest BCUT2D eigenvalue weighted by Gasteiger charge is 2.41. The third kappa shape index (κ3) is 2.68. The molecule has 0 bridgehead atoms. The molecule has 7 heteroatoms. The number of benzene rings is 1. The van der Waals surface area contributed by atoms with E-state index in [4.69, 9.17) is 17.0 Å². The molecule has 2 aliphatic rings. The number of carbonyl (C=O) groups is 2. The maximum absolute atomic E-state index is 12.9. The fourth-order valence-electron chi connectivity index (χ4n) is 2.73. The summed E-state index contributed by atoms with van der Waals surface area (Å²) in [4.78, 5) is 29.1. The summed E-state index contributed by atoms with van der Waals surface area (Å²) in [6.07, 6.45) is 1.67. The lowest BCUT2D eigenvalue weighted by atomic mass is 10.1. The van der Waals surface area contributed by atoms with Gasteiger partial charge in [-0.2, -0.15) is 0 Å². The van der Waals surface area contributed by atoms with E-state index in [1.54, 1.807) is 18.1 Å². The van der Waals surface area contributed by atoms with Gasteiger partial charge in [-0.05, 0) is 6.07 Å². The predicted octanol–water partition coefficient (Wildman–Crippen LogP) is 2.44. The first-order valence-electron chi connectivity index (χ1n) is 7.39. The zero-order chi connectivity index (χ0) is 17.3. The molecule has 1 fully saturated rings. The van der Waals surface area contributed by atoms with Gasteiger partial charge in [-0.1, -0.05) is 48.3 Å². The highest BCUT2D eigenvalue weighted by atomic mass is 32.2. The Balaban J connectivity index is 2.06. The third-order valence-corrected chi connectivity index (χ3v) is 5.28. The van der Waals surface area contributed by atoms with Crippen LogP contribution in [0.5, 0.6) is 0 Å². The molecule has 0 atom stereocenters. The molecule has 3 rings (SSSR count). The fraction of sp³-hybridized carbons (Fsp3) is 0.235. The summed E-state index contributed by atoms with van der Waals surface area (Å²) in [5.74, 6) is -0.427. The molecule has 1 aromatic carbocycles. The maximum Gasteiger partial charge on any atom is 0.267 e. The first-order valence-corrected chi connectivity index (χ1v) is 8.61. The Bertz CT molecular complexity index is 773. The van der Waals surface area contributed by atoms with Crippen LogP contribution in [0.3, 0.4) is 0 Å². The first kappa shape index (κ1) is 16.9. The van der Waals surface area contributed by atoms with Crippen LogP contribution >= 0.6 is 24.0 Å². The number of thioether (sulfide) groups is 1. The third-order valence-electron chi connectivity index (χ3n) is 3.83. The van der Waals surface area contributed by atoms with E-state index < -0.39 is 0 Å². The van der Waals surface area contributed by atoms with Gasteiger partial charge in [0, 0.05) is 19.2 Å². The second-order valence-electron chi connectivity index (χ2n) is 5.24. The molecule has 124 valence electrons. The molecule has 0 radical (unpaired) electrons. The standard InChI is InChI=1S/C17H16N2O3S2/c1-3-8-18-12-7-5-4-6-11(12)13(15(18)20)14-16(21)19(9-10-22-2)17(23)24-14/h3-7H,1,8-10H2,2H3. The maximum atomic E-state index is 12.9. The van der Waals surface area contributed by atoms with E-state index in [0.29, 0.717) is 34.5 Å². The van der Waals surface area contributed by atoms with E-state index >= 15 is 0 Å². The summed E-state index contributed by atoms with van der Waals surface area (Å²) < 4.78 is 5.47. The van der Waals surface area contributed by atoms with E-state index in [1.807, 2.05) is 24.3 Å². The number of thiocarbonyl (C=S) groups is 1. The molecule has 24 heavy (non-hydrogen) atoms. The molecule has 2 aliphatic heterocycles. The molecule has 0 spiro atoms. The fourth-order valence-corrected chi connectivity index (χ4v) is 4.11. The van der Waals surface area contributed by atoms with Crippen LogP contribution in [0, 0.1) is 0 Å². The largest absolute Gasteiger partial charge is 0.383 e. The number of methoxy groups -OCH3 is 1. The van der Waals surface area contributed by atoms with Crippen LogP contribution in [0.1, 0.15) is 5.56 Å². The highest BCUT2D eigenvalue weighted by Crippen LogP contribution is 2.44. The molecule has 0 unspecified atom stereocenters. The Hall–Kier alpha value is -1.96. The van der Waals surface area contributed by atoms with Crippen LogP contribution in [0.2, 0.25) is 0 Å². The van der Waals surface area contributed by atoms with Crippen molar-refractivity contribution < 1.29 is 14.3 Å². The van der Waals surface area contributed by atoms with Gasteiger partial charge in [0.15, 0.2) is 0 Å². The molecule has 0 aromatic heterocycles. The van der Waals surface area contributed by atoms with E-state index in [9.17, 15) is 9.59 Å². The summed E-state index contributed by atoms with van der Waals surface area (Å²) in [6, 6.07) is 7.45. The Morgan fingerprint density at radius 1 is 1.25 bits per heavy atom. The van der Waals surface area contributed by atoms with Gasteiger partial charge in [0.1, 0.15) is 4.32 Å². The number of rotatable bonds is 5. The van der Waals surface area contributed by atoms with Crippen LogP contribution in [-0.2, 0) is 14.3 Å². The van der Waals surface area contributed by atoms with Crippen molar-refractivity contribution in [2.24, 2.45) is 0 Å². The highest BCUT2D eigenvalue weighted by molar-refractivity contribution is 8.26. The number of anilines is 1. The topological polar surface area (TPSA) is 49.9 Å². The minimum atomic E-state index is -0.236. The van der Waals surface area contributed by atoms with E-state index in [0.717, 1.165) is 11.3 Å². The van der Waals surface area contributed by atoms with Crippen molar-refractivity contribution in [3.63, 3.8) is 0 Å². The minimum absolute atomic E-state index is 0.191. The van der Waals surface area contributed by atoms with E-state index in [2.05, 4.69) is 6.58 Å². The molecular formula is C17H16N2O3S2. The summed E-state index contributed by atoms with van der Waals surface area (Å²) in [5.41, 5.74) is 1.97. The average Bonchev–Trinajstić information content (AvgIpc) is 3.01. The number of carbonyl (C=O) groups excluding carboxylic acids is 2. The Morgan fingerprint density at radius 3 is 2.71 bits per heavy atom. The summed E-state index contributed by atoms with van der Waals surface area (Å²) >= 11 is 6.47. The summed E-state index contributed by atoms with van der Waals surface area (Å²) in [6.45, 7) is 4.86. The zero-order valence-electron chi connectivity index (χ0n) is 13.2. The van der Waals surface area contributed by atoms with Gasteiger partial charge in [0.25, 0.3) is 11.8 Å². The van der Waals surface area contributed by atoms with Gasteiger partial charge in [-0.15, -0.1) is 6.58 Å². The average molecular weight is 360 g/mol. The Morgan fingerprint density at radius 2 is 2.00 bits per heavy atom. The van der Waals surface area contributed by atoms with Crippen molar-refractivity contribution in [2.45, 2.75) is 0 Å². The van der Waals surface area contributed by atoms with Crippen LogP contribution in [0.25, 0.3) is 5.57 Å². The van der Waals surface area contributed by atoms with Gasteiger partial charge in [0.2, 0.25) is 0 Å². The first-order chi connectivity index (χ1) is 11.6. The number of para-hydroxylation sites is 1. The molecule has 0 aliphatic carbocycles. The summed E-state index contributed by atoms with van der Waals surface area (Å²) in [5, 5.41) is 0. The van der Waals surface area contributed by atoms with Gasteiger partial charge >= 0.3 is 0 Å². The number of hydrogen-bond donors (Lipinski definition) is 0. The number of amides is 2. The smallest absolute Gasteiger partial charge is 0.267 e. The lowest BCUT2D eigenvalue weighted by Gasteiger charge is -2.14. The van der Waals surface area contributed by atoms with Crippen LogP contribution in [0.4, 0.5) is 5.69 Å². The molecule has 0 saturated carbocycles. The molecule has 2 heterocycles. The van der Waals surface area contributed by atoms with Gasteiger partial charge in [0.05, 0.1) is 29.3 Å². The number of hydrogen-bond acceptors (Lipinski definition) is 5. The minimum Gasteiger partial charge on any atom is -0.383 e. The molecule has 1 aromatic rings. The monoisotopic (exact) mass is 360 g/mol. The quantitative estimate of drug-likeness (QED) is 0.459. The van der Waals surface area contributed by atoms with Crippen molar-refractivity contribution in [2.75, 3.05) is 31.7 Å². The van der Waals surface area contributed by atoms with E-state index in [-0.39, 0.29) is 11.8 Å². The van der Waals surface area contributed by atoms with Crippen molar-refractivity contribution in [3.8, 4) is 0 Å². The predicted molar refractivity (Wildman–Crippen MR) is 99.7 cm³/mol. The number of nitrogens with zero attached hydrogens (tertiary/aromatic N) is 2. The second kappa shape index (κ2) is 6.88. The lowest BCUT2D eigenvalue weighted by Crippen LogP contribution is -2.32. The summed E-state index contributed by atoms with van der Waals surface area (Å²) in [7, 11) is 1.57. The Kier molecular flexibility index (Phi) is 4.84. The van der Waals surface area contributed by atoms with Gasteiger partial charge in [-0.25, -0.2) is 0 Å². The SMILES string of the molecule is C=CCN1C(=O)C(=C2SC(=S)N(CCOC)C2=O)c2ccccc21. The molecular weight excluding hydrogens is 344 g/mol. The number of ether oxygens (including phenoxy) is 1. The van der Waals surface area contributed by atoms with Crippen molar-refractivity contribution in [3.05, 3.63) is 47.4 Å². The van der Waals surface area contributed by atoms with E-state index in [1.165, 1.54) is 16.7 Å². The molecule has 1 saturated heterocycles. The van der Waals surface area contributed by atoms with Crippen LogP contribution in [0.15, 0.2) is 41.8 Å². The molecule has 5 nitrogen and oxygen atoms in total. The second-order valence-corrected chi connectivity index (χ2v) is 6.89. The van der Waals surface area contributed by atoms with Crippen molar-refractivity contribution in [1.29, 1.82) is 0 Å². The molecule has 2 amide bonds.